The maximum absolute atomic E-state index is 9.79. The summed E-state index contributed by atoms with van der Waals surface area (Å²) in [6.45, 7) is 8.03. The van der Waals surface area contributed by atoms with E-state index >= 15 is 0 Å². The van der Waals surface area contributed by atoms with E-state index in [1.54, 1.807) is 6.26 Å². The summed E-state index contributed by atoms with van der Waals surface area (Å²) in [6.07, 6.45) is 3.41. The van der Waals surface area contributed by atoms with Gasteiger partial charge in [0, 0.05) is 13.2 Å². The molecule has 1 heterocycles. The van der Waals surface area contributed by atoms with Gasteiger partial charge in [-0.2, -0.15) is 0 Å². The van der Waals surface area contributed by atoms with Crippen LogP contribution in [0.3, 0.4) is 0 Å². The maximum Gasteiger partial charge on any atom is 0.120 e. The van der Waals surface area contributed by atoms with Gasteiger partial charge in [-0.15, -0.1) is 0 Å². The summed E-state index contributed by atoms with van der Waals surface area (Å²) in [6, 6.07) is 3.89. The fourth-order valence-electron chi connectivity index (χ4n) is 1.82. The van der Waals surface area contributed by atoms with E-state index in [0.717, 1.165) is 18.8 Å². The number of rotatable bonds is 10. The Labute approximate surface area is 116 Å². The van der Waals surface area contributed by atoms with Crippen LogP contribution in [0.5, 0.6) is 0 Å². The van der Waals surface area contributed by atoms with E-state index in [1.165, 1.54) is 6.42 Å². The Hall–Kier alpha value is -0.840. The van der Waals surface area contributed by atoms with Crippen molar-refractivity contribution in [2.24, 2.45) is 5.92 Å². The Kier molecular flexibility index (Phi) is 7.79. The minimum atomic E-state index is -0.475. The summed E-state index contributed by atoms with van der Waals surface area (Å²) in [5.74, 6) is 1.59. The molecule has 2 N–H and O–H groups in total. The standard InChI is InChI=1S/C15H27NO3/c1-12(2)6-4-8-18-11-14(17)10-16-13(3)15-7-5-9-19-15/h5,7,9,12-14,16-17H,4,6,8,10-11H2,1-3H3/t13-,14?/m1/s1. The second-order valence-corrected chi connectivity index (χ2v) is 5.41. The molecular weight excluding hydrogens is 242 g/mol. The van der Waals surface area contributed by atoms with E-state index in [4.69, 9.17) is 9.15 Å². The zero-order valence-electron chi connectivity index (χ0n) is 12.3. The Balaban J connectivity index is 2.03. The quantitative estimate of drug-likeness (QED) is 0.641. The number of ether oxygens (including phenoxy) is 1. The van der Waals surface area contributed by atoms with Crippen LogP contribution in [0.2, 0.25) is 0 Å². The van der Waals surface area contributed by atoms with Crippen molar-refractivity contribution in [2.45, 2.75) is 45.8 Å². The zero-order valence-corrected chi connectivity index (χ0v) is 12.3. The highest BCUT2D eigenvalue weighted by Crippen LogP contribution is 2.11. The van der Waals surface area contributed by atoms with Crippen LogP contribution in [0, 0.1) is 5.92 Å². The highest BCUT2D eigenvalue weighted by molar-refractivity contribution is 5.02. The van der Waals surface area contributed by atoms with Crippen molar-refractivity contribution >= 4 is 0 Å². The molecule has 4 heteroatoms. The van der Waals surface area contributed by atoms with E-state index in [9.17, 15) is 5.11 Å². The van der Waals surface area contributed by atoms with Crippen LogP contribution < -0.4 is 5.32 Å². The molecule has 110 valence electrons. The monoisotopic (exact) mass is 269 g/mol. The van der Waals surface area contributed by atoms with Crippen molar-refractivity contribution in [1.82, 2.24) is 5.32 Å². The lowest BCUT2D eigenvalue weighted by atomic mass is 10.1. The SMILES string of the molecule is CC(C)CCCOCC(O)CN[C@H](C)c1ccco1. The smallest absolute Gasteiger partial charge is 0.120 e. The highest BCUT2D eigenvalue weighted by atomic mass is 16.5. The van der Waals surface area contributed by atoms with Crippen molar-refractivity contribution in [3.05, 3.63) is 24.2 Å². The highest BCUT2D eigenvalue weighted by Gasteiger charge is 2.10. The molecule has 1 rings (SSSR count). The van der Waals surface area contributed by atoms with Crippen LogP contribution >= 0.6 is 0 Å². The second kappa shape index (κ2) is 9.13. The van der Waals surface area contributed by atoms with Crippen molar-refractivity contribution in [3.63, 3.8) is 0 Å². The molecule has 19 heavy (non-hydrogen) atoms. The van der Waals surface area contributed by atoms with Crippen LogP contribution in [-0.2, 0) is 4.74 Å². The van der Waals surface area contributed by atoms with Crippen LogP contribution in [0.25, 0.3) is 0 Å². The summed E-state index contributed by atoms with van der Waals surface area (Å²) < 4.78 is 10.7. The Bertz CT molecular complexity index is 311. The van der Waals surface area contributed by atoms with Gasteiger partial charge < -0.3 is 19.6 Å². The third kappa shape index (κ3) is 7.35. The molecule has 0 radical (unpaired) electrons. The predicted octanol–water partition coefficient (Wildman–Crippen LogP) is 2.74. The van der Waals surface area contributed by atoms with Crippen LogP contribution in [0.1, 0.15) is 45.4 Å². The van der Waals surface area contributed by atoms with Gasteiger partial charge in [0.25, 0.3) is 0 Å². The summed E-state index contributed by atoms with van der Waals surface area (Å²) in [7, 11) is 0. The van der Waals surface area contributed by atoms with Gasteiger partial charge in [0.05, 0.1) is 25.0 Å². The molecule has 0 aliphatic heterocycles. The predicted molar refractivity (Wildman–Crippen MR) is 76.0 cm³/mol. The van der Waals surface area contributed by atoms with Crippen molar-refractivity contribution in [3.8, 4) is 0 Å². The topological polar surface area (TPSA) is 54.6 Å². The molecule has 4 nitrogen and oxygen atoms in total. The largest absolute Gasteiger partial charge is 0.468 e. The lowest BCUT2D eigenvalue weighted by Crippen LogP contribution is -2.32. The molecule has 0 aliphatic carbocycles. The molecular formula is C15H27NO3. The normalized spacial score (nSPS) is 14.8. The molecule has 0 aliphatic rings. The van der Waals surface area contributed by atoms with E-state index in [-0.39, 0.29) is 6.04 Å². The van der Waals surface area contributed by atoms with E-state index in [0.29, 0.717) is 19.1 Å². The first kappa shape index (κ1) is 16.2. The Morgan fingerprint density at radius 3 is 2.79 bits per heavy atom. The number of hydrogen-bond acceptors (Lipinski definition) is 4. The second-order valence-electron chi connectivity index (χ2n) is 5.41. The van der Waals surface area contributed by atoms with E-state index in [1.807, 2.05) is 19.1 Å². The maximum atomic E-state index is 9.79. The van der Waals surface area contributed by atoms with E-state index < -0.39 is 6.10 Å². The van der Waals surface area contributed by atoms with Gasteiger partial charge in [-0.3, -0.25) is 0 Å². The van der Waals surface area contributed by atoms with Crippen molar-refractivity contribution in [1.29, 1.82) is 0 Å². The van der Waals surface area contributed by atoms with Gasteiger partial charge in [0.1, 0.15) is 5.76 Å². The minimum Gasteiger partial charge on any atom is -0.468 e. The van der Waals surface area contributed by atoms with Crippen LogP contribution in [-0.4, -0.2) is 31.0 Å². The number of hydrogen-bond donors (Lipinski definition) is 2. The average Bonchev–Trinajstić information content (AvgIpc) is 2.89. The average molecular weight is 269 g/mol. The summed E-state index contributed by atoms with van der Waals surface area (Å²) in [4.78, 5) is 0. The number of nitrogens with one attached hydrogen (secondary N) is 1. The van der Waals surface area contributed by atoms with Gasteiger partial charge in [0.15, 0.2) is 0 Å². The van der Waals surface area contributed by atoms with Gasteiger partial charge >= 0.3 is 0 Å². The first-order valence-corrected chi connectivity index (χ1v) is 7.12. The molecule has 0 spiro atoms. The third-order valence-corrected chi connectivity index (χ3v) is 3.01. The number of aliphatic hydroxyl groups is 1. The van der Waals surface area contributed by atoms with Gasteiger partial charge in [0.2, 0.25) is 0 Å². The third-order valence-electron chi connectivity index (χ3n) is 3.01. The molecule has 0 fully saturated rings. The number of aliphatic hydroxyl groups excluding tert-OH is 1. The Morgan fingerprint density at radius 2 is 2.16 bits per heavy atom. The van der Waals surface area contributed by atoms with Gasteiger partial charge in [-0.1, -0.05) is 13.8 Å². The first-order valence-electron chi connectivity index (χ1n) is 7.12. The lowest BCUT2D eigenvalue weighted by Gasteiger charge is -2.16. The van der Waals surface area contributed by atoms with Crippen molar-refractivity contribution < 1.29 is 14.3 Å². The summed E-state index contributed by atoms with van der Waals surface area (Å²) in [5.41, 5.74) is 0. The molecule has 1 aromatic rings. The zero-order chi connectivity index (χ0) is 14.1. The first-order chi connectivity index (χ1) is 9.09. The molecule has 0 aromatic carbocycles. The van der Waals surface area contributed by atoms with Crippen molar-refractivity contribution in [2.75, 3.05) is 19.8 Å². The fraction of sp³-hybridized carbons (Fsp3) is 0.733. The number of furan rings is 1. The molecule has 0 amide bonds. The summed E-state index contributed by atoms with van der Waals surface area (Å²) in [5, 5.41) is 13.0. The molecule has 1 unspecified atom stereocenters. The minimum absolute atomic E-state index is 0.102. The van der Waals surface area contributed by atoms with Crippen LogP contribution in [0.4, 0.5) is 0 Å². The molecule has 2 atom stereocenters. The molecule has 0 saturated heterocycles. The van der Waals surface area contributed by atoms with Gasteiger partial charge in [-0.05, 0) is 37.8 Å². The van der Waals surface area contributed by atoms with Gasteiger partial charge in [-0.25, -0.2) is 0 Å². The van der Waals surface area contributed by atoms with Crippen LogP contribution in [0.15, 0.2) is 22.8 Å². The molecule has 0 bridgehead atoms. The fourth-order valence-corrected chi connectivity index (χ4v) is 1.82. The van der Waals surface area contributed by atoms with E-state index in [2.05, 4.69) is 19.2 Å². The Morgan fingerprint density at radius 1 is 1.37 bits per heavy atom. The molecule has 1 aromatic heterocycles. The molecule has 0 saturated carbocycles. The summed E-state index contributed by atoms with van der Waals surface area (Å²) >= 11 is 0. The lowest BCUT2D eigenvalue weighted by molar-refractivity contribution is 0.0334.